The van der Waals surface area contributed by atoms with Crippen LogP contribution in [0.5, 0.6) is 0 Å². The normalized spacial score (nSPS) is 0. The maximum Gasteiger partial charge on any atom is 0 e. The molecule has 0 bridgehead atoms. The third kappa shape index (κ3) is 18.2. The van der Waals surface area contributed by atoms with Gasteiger partial charge in [-0.3, -0.25) is 0 Å². The monoisotopic (exact) mass is 526 g/mol. The summed E-state index contributed by atoms with van der Waals surface area (Å²) in [6, 6.07) is 0. The van der Waals surface area contributed by atoms with E-state index in [1.54, 1.807) is 0 Å². The molecule has 5 heavy (non-hydrogen) atoms. The Morgan fingerprint density at radius 2 is 1.00 bits per heavy atom. The summed E-state index contributed by atoms with van der Waals surface area (Å²) in [4.78, 5) is 0. The zero-order valence-corrected chi connectivity index (χ0v) is 14.1. The van der Waals surface area contributed by atoms with Gasteiger partial charge in [0, 0.05) is 93.0 Å². The summed E-state index contributed by atoms with van der Waals surface area (Å²) in [6.07, 6.45) is 0. The second-order valence-electron chi connectivity index (χ2n) is 0. The van der Waals surface area contributed by atoms with Crippen molar-refractivity contribution in [2.45, 2.75) is 0 Å². The standard InChI is InChI=1S/Bi.Ce.Cu.Fe.Mn.3H. The zero-order chi connectivity index (χ0) is 0. The molecule has 0 aliphatic heterocycles. The Labute approximate surface area is 116 Å². The van der Waals surface area contributed by atoms with Gasteiger partial charge in [0.25, 0.3) is 0 Å². The van der Waals surface area contributed by atoms with Crippen molar-refractivity contribution in [3.8, 4) is 0 Å². The Morgan fingerprint density at radius 1 is 1.00 bits per heavy atom. The molecule has 0 spiro atoms. The Hall–Kier alpha value is 3.82. The van der Waals surface area contributed by atoms with Crippen molar-refractivity contribution in [2.24, 2.45) is 0 Å². The van der Waals surface area contributed by atoms with E-state index in [0.29, 0.717) is 0 Å². The molecule has 0 aliphatic carbocycles. The van der Waals surface area contributed by atoms with Crippen LogP contribution in [0.25, 0.3) is 0 Å². The van der Waals surface area contributed by atoms with Crippen molar-refractivity contribution in [3.05, 3.63) is 0 Å². The SMILES string of the molecule is [BiH3].[Ce].[Cu].[Fe].[Mn]. The number of rotatable bonds is 0. The van der Waals surface area contributed by atoms with Crippen LogP contribution in [0.2, 0.25) is 0 Å². The van der Waals surface area contributed by atoms with Crippen LogP contribution in [0, 0.1) is 41.7 Å². The molecule has 0 fully saturated rings. The summed E-state index contributed by atoms with van der Waals surface area (Å²) >= 11 is 0. The summed E-state index contributed by atoms with van der Waals surface area (Å²) in [7, 11) is 0. The molecule has 0 aromatic carbocycles. The first-order chi connectivity index (χ1) is 0. The van der Waals surface area contributed by atoms with Crippen molar-refractivity contribution in [3.63, 3.8) is 0 Å². The molecule has 2 radical (unpaired) electrons. The van der Waals surface area contributed by atoms with E-state index in [9.17, 15) is 0 Å². The van der Waals surface area contributed by atoms with Crippen LogP contribution >= 0.6 is 0 Å². The Kier molecular flexibility index (Phi) is 184. The fourth-order valence-corrected chi connectivity index (χ4v) is 0. The second kappa shape index (κ2) is 24.9. The Morgan fingerprint density at radius 3 is 1.00 bits per heavy atom. The molecule has 0 aliphatic rings. The minimum atomic E-state index is 0. The van der Waals surface area contributed by atoms with Crippen LogP contribution in [0.15, 0.2) is 0 Å². The van der Waals surface area contributed by atoms with E-state index in [2.05, 4.69) is 0 Å². The smallest absolute Gasteiger partial charge is 0 e. The average Bonchev–Trinajstić information content (AvgIpc) is 0. The molecule has 0 nitrogen and oxygen atoms in total. The predicted molar refractivity (Wildman–Crippen MR) is 9.94 cm³/mol. The van der Waals surface area contributed by atoms with Crippen LogP contribution in [0.1, 0.15) is 0 Å². The summed E-state index contributed by atoms with van der Waals surface area (Å²) in [5.41, 5.74) is 0. The third-order valence-corrected chi connectivity index (χ3v) is 0. The van der Waals surface area contributed by atoms with Crippen LogP contribution in [-0.4, -0.2) is 26.2 Å². The molecule has 0 unspecified atom stereocenters. The van der Waals surface area contributed by atoms with Gasteiger partial charge in [-0.25, -0.2) is 0 Å². The van der Waals surface area contributed by atoms with Crippen LogP contribution in [0.4, 0.5) is 0 Å². The van der Waals surface area contributed by atoms with Crippen LogP contribution < -0.4 is 0 Å². The van der Waals surface area contributed by atoms with Gasteiger partial charge in [-0.15, -0.1) is 0 Å². The molecule has 38 valence electrons. The first-order valence-electron chi connectivity index (χ1n) is 0. The molecule has 0 atom stereocenters. The van der Waals surface area contributed by atoms with Gasteiger partial charge in [0.05, 0.1) is 0 Å². The maximum absolute atomic E-state index is 0. The van der Waals surface area contributed by atoms with Crippen molar-refractivity contribution in [2.75, 3.05) is 0 Å². The van der Waals surface area contributed by atoms with Gasteiger partial charge in [0.15, 0.2) is 0 Å². The molecule has 5 heteroatoms. The molecule has 0 heterocycles. The molecule has 0 aromatic rings. The minimum absolute atomic E-state index is 0. The summed E-state index contributed by atoms with van der Waals surface area (Å²) in [5.74, 6) is 0. The van der Waals surface area contributed by atoms with Gasteiger partial charge >= 0.3 is 26.2 Å². The molecule has 0 amide bonds. The van der Waals surface area contributed by atoms with Crippen molar-refractivity contribution < 1.29 is 93.0 Å². The van der Waals surface area contributed by atoms with Gasteiger partial charge in [-0.05, 0) is 0 Å². The molecular weight excluding hydrogens is 523 g/mol. The second-order valence-corrected chi connectivity index (χ2v) is 0. The van der Waals surface area contributed by atoms with Gasteiger partial charge < -0.3 is 0 Å². The number of hydrogen-bond donors (Lipinski definition) is 0. The van der Waals surface area contributed by atoms with Gasteiger partial charge in [0.2, 0.25) is 0 Å². The van der Waals surface area contributed by atoms with E-state index in [4.69, 9.17) is 0 Å². The van der Waals surface area contributed by atoms with Crippen molar-refractivity contribution in [1.82, 2.24) is 0 Å². The van der Waals surface area contributed by atoms with Crippen LogP contribution in [-0.2, 0) is 51.2 Å². The quantitative estimate of drug-likeness (QED) is 0.349. The summed E-state index contributed by atoms with van der Waals surface area (Å²) in [6.45, 7) is 0. The Balaban J connectivity index is 0. The average molecular weight is 526 g/mol. The van der Waals surface area contributed by atoms with Crippen LogP contribution in [0.3, 0.4) is 0 Å². The van der Waals surface area contributed by atoms with Gasteiger partial charge in [-0.1, -0.05) is 0 Å². The van der Waals surface area contributed by atoms with E-state index >= 15 is 0 Å². The fraction of sp³-hybridized carbons (Fsp3) is 0. The van der Waals surface area contributed by atoms with E-state index in [0.717, 1.165) is 0 Å². The van der Waals surface area contributed by atoms with E-state index in [1.807, 2.05) is 0 Å². The summed E-state index contributed by atoms with van der Waals surface area (Å²) in [5, 5.41) is 0. The molecule has 0 rings (SSSR count). The van der Waals surface area contributed by atoms with E-state index < -0.39 is 0 Å². The Bertz CT molecular complexity index is 11.6. The van der Waals surface area contributed by atoms with Crippen molar-refractivity contribution >= 4 is 26.2 Å². The van der Waals surface area contributed by atoms with Gasteiger partial charge in [-0.2, -0.15) is 0 Å². The zero-order valence-electron chi connectivity index (χ0n) is 2.24. The first kappa shape index (κ1) is 37.0. The van der Waals surface area contributed by atoms with Crippen molar-refractivity contribution in [1.29, 1.82) is 0 Å². The molecule has 0 N–H and O–H groups in total. The van der Waals surface area contributed by atoms with E-state index in [1.165, 1.54) is 0 Å². The minimum Gasteiger partial charge on any atom is 0 e. The first-order valence-corrected chi connectivity index (χ1v) is 0. The fourth-order valence-electron chi connectivity index (χ4n) is 0. The molecule has 0 aromatic heterocycles. The largest absolute Gasteiger partial charge is 0 e. The molecule has 0 saturated heterocycles. The van der Waals surface area contributed by atoms with E-state index in [-0.39, 0.29) is 119 Å². The predicted octanol–water partition coefficient (Wildman–Crippen LogP) is -1.19. The van der Waals surface area contributed by atoms with Gasteiger partial charge in [0.1, 0.15) is 0 Å². The maximum atomic E-state index is 0. The third-order valence-electron chi connectivity index (χ3n) is 0. The number of hydrogen-bond acceptors (Lipinski definition) is 0. The topological polar surface area (TPSA) is 0 Å². The molecular formula is H3BiCeCuFeMn. The molecule has 0 saturated carbocycles. The summed E-state index contributed by atoms with van der Waals surface area (Å²) < 4.78 is 0.